The van der Waals surface area contributed by atoms with Gasteiger partial charge in [-0.25, -0.2) is 4.98 Å². The van der Waals surface area contributed by atoms with Crippen molar-refractivity contribution in [1.82, 2.24) is 20.4 Å². The predicted octanol–water partition coefficient (Wildman–Crippen LogP) is 3.56. The molecule has 2 aliphatic rings. The second-order valence-corrected chi connectivity index (χ2v) is 11.2. The van der Waals surface area contributed by atoms with E-state index < -0.39 is 23.6 Å². The van der Waals surface area contributed by atoms with Crippen LogP contribution in [0.4, 0.5) is 0 Å². The Labute approximate surface area is 219 Å². The highest BCUT2D eigenvalue weighted by molar-refractivity contribution is 7.13. The molecule has 4 atom stereocenters. The summed E-state index contributed by atoms with van der Waals surface area (Å²) in [6.07, 6.45) is -0.420. The van der Waals surface area contributed by atoms with Crippen LogP contribution in [0.15, 0.2) is 45.4 Å². The second-order valence-electron chi connectivity index (χ2n) is 10.4. The molecular formula is C27H31N5O4S. The van der Waals surface area contributed by atoms with Gasteiger partial charge in [0, 0.05) is 19.0 Å². The summed E-state index contributed by atoms with van der Waals surface area (Å²) in [5.74, 6) is -0.218. The minimum absolute atomic E-state index is 0.0516. The number of aliphatic hydroxyl groups excluding tert-OH is 1. The van der Waals surface area contributed by atoms with Gasteiger partial charge in [-0.05, 0) is 37.8 Å². The number of amides is 2. The van der Waals surface area contributed by atoms with E-state index in [4.69, 9.17) is 4.52 Å². The van der Waals surface area contributed by atoms with Crippen LogP contribution in [0, 0.1) is 19.8 Å². The first-order chi connectivity index (χ1) is 17.6. The Morgan fingerprint density at radius 3 is 2.59 bits per heavy atom. The fourth-order valence-corrected chi connectivity index (χ4v) is 6.02. The minimum atomic E-state index is -1.07. The molecule has 4 heterocycles. The van der Waals surface area contributed by atoms with Gasteiger partial charge in [0.25, 0.3) is 5.91 Å². The monoisotopic (exact) mass is 521 g/mol. The Morgan fingerprint density at radius 1 is 1.27 bits per heavy atom. The first-order valence-electron chi connectivity index (χ1n) is 12.4. The van der Waals surface area contributed by atoms with E-state index >= 15 is 0 Å². The molecule has 0 radical (unpaired) electrons. The van der Waals surface area contributed by atoms with Gasteiger partial charge in [-0.15, -0.1) is 11.3 Å². The molecule has 2 aromatic heterocycles. The smallest absolute Gasteiger partial charge is 0.277 e. The molecule has 2 N–H and O–H groups in total. The number of aliphatic imine (C=N–C) groups is 1. The van der Waals surface area contributed by atoms with Crippen LogP contribution in [0.25, 0.3) is 10.4 Å². The molecule has 1 fully saturated rings. The van der Waals surface area contributed by atoms with Crippen molar-refractivity contribution in [1.29, 1.82) is 0 Å². The molecule has 194 valence electrons. The summed E-state index contributed by atoms with van der Waals surface area (Å²) in [5.41, 5.74) is 4.23. The van der Waals surface area contributed by atoms with E-state index in [0.29, 0.717) is 23.7 Å². The van der Waals surface area contributed by atoms with Gasteiger partial charge in [0.05, 0.1) is 33.9 Å². The summed E-state index contributed by atoms with van der Waals surface area (Å²) < 4.78 is 5.44. The van der Waals surface area contributed by atoms with Crippen LogP contribution >= 0.6 is 11.3 Å². The SMILES string of the molecule is Cc1cc(C(C(=O)N2C[C@H](O)C[C@@H]2C2=NC(=O)C(C)(c3ccc(-c4scnc4C)cc3)N2)C(C)C)on1. The lowest BCUT2D eigenvalue weighted by Crippen LogP contribution is -2.51. The standard InChI is InChI=1S/C27H31N5O4S/c1-14(2)22(21-10-15(3)31-36-21)25(34)32-12-19(33)11-20(32)24-29-26(35)27(5,30-24)18-8-6-17(7-9-18)23-16(4)28-13-37-23/h6-10,13-14,19-20,22,33H,11-12H2,1-5H3,(H,29,30,35)/t19-,20-,22?,27?/m1/s1. The molecular weight excluding hydrogens is 490 g/mol. The number of rotatable bonds is 6. The Bertz CT molecular complexity index is 1360. The number of aromatic nitrogens is 2. The number of nitrogens with one attached hydrogen (secondary N) is 1. The number of amidine groups is 1. The lowest BCUT2D eigenvalue weighted by Gasteiger charge is -2.31. The third-order valence-corrected chi connectivity index (χ3v) is 8.24. The molecule has 37 heavy (non-hydrogen) atoms. The Kier molecular flexibility index (Phi) is 6.49. The number of nitrogens with zero attached hydrogens (tertiary/aromatic N) is 4. The number of aliphatic hydroxyl groups is 1. The number of carbonyl (C=O) groups excluding carboxylic acids is 2. The van der Waals surface area contributed by atoms with Gasteiger partial charge in [0.2, 0.25) is 5.91 Å². The third kappa shape index (κ3) is 4.48. The van der Waals surface area contributed by atoms with E-state index in [2.05, 4.69) is 20.4 Å². The Balaban J connectivity index is 1.39. The molecule has 2 aliphatic heterocycles. The fraction of sp³-hybridized carbons (Fsp3) is 0.444. The lowest BCUT2D eigenvalue weighted by molar-refractivity contribution is -0.134. The maximum atomic E-state index is 13.8. The number of hydrogen-bond acceptors (Lipinski definition) is 8. The predicted molar refractivity (Wildman–Crippen MR) is 140 cm³/mol. The molecule has 9 nitrogen and oxygen atoms in total. The summed E-state index contributed by atoms with van der Waals surface area (Å²) >= 11 is 1.58. The summed E-state index contributed by atoms with van der Waals surface area (Å²) in [7, 11) is 0. The number of β-amino-alcohol motifs (C(OH)–C–C–N with tert-alkyl or cyclic N) is 1. The first-order valence-corrected chi connectivity index (χ1v) is 13.3. The van der Waals surface area contributed by atoms with Gasteiger partial charge in [-0.2, -0.15) is 4.99 Å². The number of carbonyl (C=O) groups is 2. The molecule has 1 aromatic carbocycles. The molecule has 10 heteroatoms. The highest BCUT2D eigenvalue weighted by Crippen LogP contribution is 2.35. The molecule has 0 spiro atoms. The first kappa shape index (κ1) is 25.3. The van der Waals surface area contributed by atoms with E-state index in [1.807, 2.05) is 57.5 Å². The zero-order valence-electron chi connectivity index (χ0n) is 21.6. The number of aryl methyl sites for hydroxylation is 2. The van der Waals surface area contributed by atoms with Crippen LogP contribution in [0.3, 0.4) is 0 Å². The van der Waals surface area contributed by atoms with Gasteiger partial charge in [-0.1, -0.05) is 43.3 Å². The van der Waals surface area contributed by atoms with E-state index in [0.717, 1.165) is 21.7 Å². The van der Waals surface area contributed by atoms with E-state index in [1.54, 1.807) is 29.2 Å². The molecule has 5 rings (SSSR count). The topological polar surface area (TPSA) is 121 Å². The van der Waals surface area contributed by atoms with Crippen molar-refractivity contribution in [2.75, 3.05) is 6.54 Å². The van der Waals surface area contributed by atoms with Gasteiger partial charge < -0.3 is 19.8 Å². The number of likely N-dealkylation sites (tertiary alicyclic amines) is 1. The summed E-state index contributed by atoms with van der Waals surface area (Å²) in [6, 6.07) is 9.04. The van der Waals surface area contributed by atoms with Crippen LogP contribution < -0.4 is 5.32 Å². The minimum Gasteiger partial charge on any atom is -0.391 e. The van der Waals surface area contributed by atoms with Crippen LogP contribution in [-0.4, -0.2) is 56.5 Å². The van der Waals surface area contributed by atoms with E-state index in [1.165, 1.54) is 0 Å². The molecule has 0 aliphatic carbocycles. The molecule has 2 unspecified atom stereocenters. The summed E-state index contributed by atoms with van der Waals surface area (Å²) in [5, 5.41) is 17.8. The van der Waals surface area contributed by atoms with Crippen molar-refractivity contribution in [2.45, 2.75) is 64.6 Å². The average molecular weight is 522 g/mol. The molecule has 0 bridgehead atoms. The quantitative estimate of drug-likeness (QED) is 0.509. The normalized spacial score (nSPS) is 24.5. The Hall–Kier alpha value is -3.37. The second kappa shape index (κ2) is 9.50. The lowest BCUT2D eigenvalue weighted by atomic mass is 9.90. The van der Waals surface area contributed by atoms with Crippen LogP contribution in [0.5, 0.6) is 0 Å². The van der Waals surface area contributed by atoms with Crippen molar-refractivity contribution in [3.8, 4) is 10.4 Å². The van der Waals surface area contributed by atoms with Crippen LogP contribution in [0.1, 0.15) is 55.8 Å². The average Bonchev–Trinajstić information content (AvgIpc) is 3.62. The number of hydrogen-bond donors (Lipinski definition) is 2. The van der Waals surface area contributed by atoms with Gasteiger partial charge in [-0.3, -0.25) is 9.59 Å². The van der Waals surface area contributed by atoms with Crippen molar-refractivity contribution < 1.29 is 19.2 Å². The van der Waals surface area contributed by atoms with Crippen molar-refractivity contribution in [3.05, 3.63) is 58.6 Å². The number of benzene rings is 1. The van der Waals surface area contributed by atoms with Crippen LogP contribution in [0.2, 0.25) is 0 Å². The van der Waals surface area contributed by atoms with E-state index in [9.17, 15) is 14.7 Å². The maximum Gasteiger partial charge on any atom is 0.277 e. The summed E-state index contributed by atoms with van der Waals surface area (Å²) in [4.78, 5) is 38.3. The van der Waals surface area contributed by atoms with Crippen LogP contribution in [-0.2, 0) is 15.1 Å². The molecule has 1 saturated heterocycles. The maximum absolute atomic E-state index is 13.8. The molecule has 0 saturated carbocycles. The van der Waals surface area contributed by atoms with E-state index in [-0.39, 0.29) is 24.3 Å². The molecule has 2 amide bonds. The highest BCUT2D eigenvalue weighted by Gasteiger charge is 2.48. The zero-order chi connectivity index (χ0) is 26.5. The van der Waals surface area contributed by atoms with Crippen molar-refractivity contribution in [3.63, 3.8) is 0 Å². The van der Waals surface area contributed by atoms with Gasteiger partial charge in [0.15, 0.2) is 0 Å². The third-order valence-electron chi connectivity index (χ3n) is 7.26. The molecule has 3 aromatic rings. The highest BCUT2D eigenvalue weighted by atomic mass is 32.1. The largest absolute Gasteiger partial charge is 0.391 e. The summed E-state index contributed by atoms with van der Waals surface area (Å²) in [6.45, 7) is 9.64. The Morgan fingerprint density at radius 2 is 2.00 bits per heavy atom. The zero-order valence-corrected chi connectivity index (χ0v) is 22.4. The van der Waals surface area contributed by atoms with Crippen molar-refractivity contribution in [2.24, 2.45) is 10.9 Å². The van der Waals surface area contributed by atoms with Gasteiger partial charge in [0.1, 0.15) is 23.1 Å². The fourth-order valence-electron chi connectivity index (χ4n) is 5.21. The number of thiazole rings is 1. The van der Waals surface area contributed by atoms with Gasteiger partial charge >= 0.3 is 0 Å². The van der Waals surface area contributed by atoms with Crippen molar-refractivity contribution >= 4 is 29.0 Å².